The van der Waals surface area contributed by atoms with Crippen LogP contribution in [0.1, 0.15) is 10.4 Å². The molecule has 0 saturated heterocycles. The highest BCUT2D eigenvalue weighted by Gasteiger charge is 2.28. The summed E-state index contributed by atoms with van der Waals surface area (Å²) in [6, 6.07) is 7.45. The van der Waals surface area contributed by atoms with Crippen molar-refractivity contribution < 1.29 is 19.7 Å². The van der Waals surface area contributed by atoms with E-state index in [1.807, 2.05) is 0 Å². The molecule has 2 rings (SSSR count). The minimum atomic E-state index is -1.51. The van der Waals surface area contributed by atoms with Crippen LogP contribution in [0.3, 0.4) is 0 Å². The Morgan fingerprint density at radius 1 is 1.04 bits per heavy atom. The van der Waals surface area contributed by atoms with Crippen molar-refractivity contribution in [2.45, 2.75) is 0 Å². The van der Waals surface area contributed by atoms with E-state index in [2.05, 4.69) is 5.32 Å². The molecule has 0 spiro atoms. The topological polar surface area (TPSA) is 136 Å². The van der Waals surface area contributed by atoms with Gasteiger partial charge in [-0.1, -0.05) is 11.6 Å². The Hall–Kier alpha value is -3.20. The molecule has 0 unspecified atom stereocenters. The summed E-state index contributed by atoms with van der Waals surface area (Å²) in [5.74, 6) is -1.51. The molecule has 9 nitrogen and oxygen atoms in total. The van der Waals surface area contributed by atoms with Crippen molar-refractivity contribution in [3.63, 3.8) is 0 Å². The summed E-state index contributed by atoms with van der Waals surface area (Å²) >= 11 is 5.72. The van der Waals surface area contributed by atoms with Gasteiger partial charge in [0.05, 0.1) is 15.4 Å². The largest absolute Gasteiger partial charge is 0.478 e. The van der Waals surface area contributed by atoms with Gasteiger partial charge in [0.2, 0.25) is 0 Å². The Labute approximate surface area is 133 Å². The van der Waals surface area contributed by atoms with Crippen molar-refractivity contribution in [2.24, 2.45) is 0 Å². The SMILES string of the molecule is O=C(O)c1cc([N+](=O)[O-])c(Nc2ccc(Cl)cc2)c([N+](=O)[O-])c1. The number of nitrogens with zero attached hydrogens (tertiary/aromatic N) is 2. The number of halogens is 1. The van der Waals surface area contributed by atoms with Crippen LogP contribution >= 0.6 is 11.6 Å². The molecule has 0 radical (unpaired) electrons. The Balaban J connectivity index is 2.63. The average molecular weight is 338 g/mol. The van der Waals surface area contributed by atoms with Crippen molar-refractivity contribution in [2.75, 3.05) is 5.32 Å². The lowest BCUT2D eigenvalue weighted by Gasteiger charge is -2.09. The zero-order chi connectivity index (χ0) is 17.1. The fourth-order valence-corrected chi connectivity index (χ4v) is 1.95. The fourth-order valence-electron chi connectivity index (χ4n) is 1.83. The molecular formula is C13H8ClN3O6. The molecule has 0 aromatic heterocycles. The molecule has 0 aliphatic rings. The number of hydrogen-bond donors (Lipinski definition) is 2. The molecule has 0 aliphatic heterocycles. The van der Waals surface area contributed by atoms with Crippen molar-refractivity contribution in [3.05, 3.63) is 67.2 Å². The van der Waals surface area contributed by atoms with Gasteiger partial charge in [-0.05, 0) is 24.3 Å². The van der Waals surface area contributed by atoms with Gasteiger partial charge in [-0.2, -0.15) is 0 Å². The number of hydrogen-bond acceptors (Lipinski definition) is 6. The van der Waals surface area contributed by atoms with Gasteiger partial charge in [-0.15, -0.1) is 0 Å². The number of benzene rings is 2. The van der Waals surface area contributed by atoms with Crippen molar-refractivity contribution in [1.82, 2.24) is 0 Å². The number of anilines is 2. The minimum Gasteiger partial charge on any atom is -0.478 e. The van der Waals surface area contributed by atoms with Gasteiger partial charge in [0.1, 0.15) is 0 Å². The molecule has 0 fully saturated rings. The first-order valence-electron chi connectivity index (χ1n) is 6.02. The summed E-state index contributed by atoms with van der Waals surface area (Å²) in [5.41, 5.74) is -2.07. The summed E-state index contributed by atoms with van der Waals surface area (Å²) < 4.78 is 0. The van der Waals surface area contributed by atoms with E-state index in [4.69, 9.17) is 16.7 Å². The summed E-state index contributed by atoms with van der Waals surface area (Å²) in [7, 11) is 0. The summed E-state index contributed by atoms with van der Waals surface area (Å²) in [4.78, 5) is 31.5. The molecule has 0 amide bonds. The van der Waals surface area contributed by atoms with E-state index >= 15 is 0 Å². The molecule has 2 aromatic rings. The predicted octanol–water partition coefficient (Wildman–Crippen LogP) is 3.60. The number of nitrogens with one attached hydrogen (secondary N) is 1. The quantitative estimate of drug-likeness (QED) is 0.628. The van der Waals surface area contributed by atoms with E-state index in [0.717, 1.165) is 12.1 Å². The Morgan fingerprint density at radius 2 is 1.52 bits per heavy atom. The maximum Gasteiger partial charge on any atom is 0.336 e. The standard InChI is InChI=1S/C13H8ClN3O6/c14-8-1-3-9(4-2-8)15-12-10(16(20)21)5-7(13(18)19)6-11(12)17(22)23/h1-6,15H,(H,18,19). The monoisotopic (exact) mass is 337 g/mol. The van der Waals surface area contributed by atoms with E-state index in [9.17, 15) is 25.0 Å². The minimum absolute atomic E-state index is 0.323. The van der Waals surface area contributed by atoms with E-state index in [-0.39, 0.29) is 0 Å². The van der Waals surface area contributed by atoms with Gasteiger partial charge < -0.3 is 10.4 Å². The van der Waals surface area contributed by atoms with E-state index in [1.165, 1.54) is 24.3 Å². The number of nitro benzene ring substituents is 2. The van der Waals surface area contributed by atoms with Gasteiger partial charge in [-0.25, -0.2) is 4.79 Å². The lowest BCUT2D eigenvalue weighted by molar-refractivity contribution is -0.392. The van der Waals surface area contributed by atoms with Gasteiger partial charge in [0, 0.05) is 22.8 Å². The maximum atomic E-state index is 11.1. The number of carboxylic acid groups (broad SMARTS) is 1. The van der Waals surface area contributed by atoms with Crippen LogP contribution in [-0.4, -0.2) is 20.9 Å². The van der Waals surface area contributed by atoms with Crippen LogP contribution in [-0.2, 0) is 0 Å². The first-order chi connectivity index (χ1) is 10.8. The number of aromatic carboxylic acids is 1. The molecule has 2 N–H and O–H groups in total. The Kier molecular flexibility index (Phi) is 4.42. The van der Waals surface area contributed by atoms with Crippen molar-refractivity contribution in [3.8, 4) is 0 Å². The third kappa shape index (κ3) is 3.52. The van der Waals surface area contributed by atoms with Crippen LogP contribution < -0.4 is 5.32 Å². The zero-order valence-electron chi connectivity index (χ0n) is 11.2. The molecule has 0 heterocycles. The first kappa shape index (κ1) is 16.2. The number of carboxylic acids is 1. The Bertz CT molecular complexity index is 771. The average Bonchev–Trinajstić information content (AvgIpc) is 2.48. The lowest BCUT2D eigenvalue weighted by atomic mass is 10.1. The predicted molar refractivity (Wildman–Crippen MR) is 81.4 cm³/mol. The number of nitro groups is 2. The Morgan fingerprint density at radius 3 is 1.91 bits per heavy atom. The smallest absolute Gasteiger partial charge is 0.336 e. The first-order valence-corrected chi connectivity index (χ1v) is 6.40. The number of carbonyl (C=O) groups is 1. The summed E-state index contributed by atoms with van der Waals surface area (Å²) in [5, 5.41) is 34.2. The highest BCUT2D eigenvalue weighted by Crippen LogP contribution is 2.37. The van der Waals surface area contributed by atoms with Crippen LogP contribution in [0.4, 0.5) is 22.7 Å². The van der Waals surface area contributed by atoms with E-state index in [1.54, 1.807) is 0 Å². The van der Waals surface area contributed by atoms with Gasteiger partial charge in [0.25, 0.3) is 0 Å². The highest BCUT2D eigenvalue weighted by atomic mass is 35.5. The van der Waals surface area contributed by atoms with Gasteiger partial charge in [-0.3, -0.25) is 20.2 Å². The number of rotatable bonds is 5. The third-order valence-electron chi connectivity index (χ3n) is 2.85. The zero-order valence-corrected chi connectivity index (χ0v) is 12.0. The second-order valence-corrected chi connectivity index (χ2v) is 4.78. The highest BCUT2D eigenvalue weighted by molar-refractivity contribution is 6.30. The van der Waals surface area contributed by atoms with Crippen LogP contribution in [0.15, 0.2) is 36.4 Å². The fraction of sp³-hybridized carbons (Fsp3) is 0. The molecule has 0 atom stereocenters. The summed E-state index contributed by atoms with van der Waals surface area (Å²) in [6.45, 7) is 0. The molecule has 0 aliphatic carbocycles. The molecule has 10 heteroatoms. The summed E-state index contributed by atoms with van der Waals surface area (Å²) in [6.07, 6.45) is 0. The van der Waals surface area contributed by atoms with E-state index < -0.39 is 38.4 Å². The lowest BCUT2D eigenvalue weighted by Crippen LogP contribution is -2.05. The molecular weight excluding hydrogens is 330 g/mol. The van der Waals surface area contributed by atoms with Crippen molar-refractivity contribution >= 4 is 40.3 Å². The van der Waals surface area contributed by atoms with Crippen molar-refractivity contribution in [1.29, 1.82) is 0 Å². The second-order valence-electron chi connectivity index (χ2n) is 4.34. The maximum absolute atomic E-state index is 11.1. The second kappa shape index (κ2) is 6.28. The molecule has 23 heavy (non-hydrogen) atoms. The molecule has 0 saturated carbocycles. The molecule has 0 bridgehead atoms. The third-order valence-corrected chi connectivity index (χ3v) is 3.10. The van der Waals surface area contributed by atoms with E-state index in [0.29, 0.717) is 10.7 Å². The van der Waals surface area contributed by atoms with Crippen LogP contribution in [0.2, 0.25) is 5.02 Å². The normalized spacial score (nSPS) is 10.1. The van der Waals surface area contributed by atoms with Crippen LogP contribution in [0.5, 0.6) is 0 Å². The molecule has 118 valence electrons. The van der Waals surface area contributed by atoms with Gasteiger partial charge in [0.15, 0.2) is 5.69 Å². The van der Waals surface area contributed by atoms with Gasteiger partial charge >= 0.3 is 17.3 Å². The van der Waals surface area contributed by atoms with Crippen LogP contribution in [0, 0.1) is 20.2 Å². The molecule has 2 aromatic carbocycles. The van der Waals surface area contributed by atoms with Crippen LogP contribution in [0.25, 0.3) is 0 Å².